The molecule has 8 heteroatoms. The average Bonchev–Trinajstić information content (AvgIpc) is 3.46. The molecular weight excluding hydrogens is 456 g/mol. The summed E-state index contributed by atoms with van der Waals surface area (Å²) < 4.78 is 8.92. The average molecular weight is 485 g/mol. The van der Waals surface area contributed by atoms with Gasteiger partial charge in [0.25, 0.3) is 5.91 Å². The first kappa shape index (κ1) is 24.7. The van der Waals surface area contributed by atoms with Gasteiger partial charge in [0.1, 0.15) is 5.75 Å². The van der Waals surface area contributed by atoms with E-state index in [9.17, 15) is 4.79 Å². The van der Waals surface area contributed by atoms with E-state index in [2.05, 4.69) is 18.8 Å². The Kier molecular flexibility index (Phi) is 8.47. The first-order valence-electron chi connectivity index (χ1n) is 10.9. The lowest BCUT2D eigenvalue weighted by molar-refractivity contribution is -0.120. The second-order valence-electron chi connectivity index (χ2n) is 8.13. The van der Waals surface area contributed by atoms with Crippen molar-refractivity contribution in [3.05, 3.63) is 72.3 Å². The van der Waals surface area contributed by atoms with Crippen molar-refractivity contribution in [3.63, 3.8) is 0 Å². The van der Waals surface area contributed by atoms with Gasteiger partial charge >= 0.3 is 0 Å². The Bertz CT molecular complexity index is 1170. The molecule has 4 rings (SSSR count). The molecule has 0 bridgehead atoms. The van der Waals surface area contributed by atoms with E-state index in [1.807, 2.05) is 60.2 Å². The molecule has 174 valence electrons. The summed E-state index contributed by atoms with van der Waals surface area (Å²) in [5, 5.41) is 0.712. The van der Waals surface area contributed by atoms with E-state index in [-0.39, 0.29) is 24.9 Å². The number of anilines is 1. The summed E-state index contributed by atoms with van der Waals surface area (Å²) in [5.41, 5.74) is 3.30. The van der Waals surface area contributed by atoms with Gasteiger partial charge in [-0.1, -0.05) is 49.4 Å². The van der Waals surface area contributed by atoms with Gasteiger partial charge in [0.15, 0.2) is 11.7 Å². The number of imidazole rings is 1. The second kappa shape index (κ2) is 11.3. The largest absolute Gasteiger partial charge is 0.484 e. The number of aryl methyl sites for hydroxylation is 2. The zero-order valence-electron chi connectivity index (χ0n) is 19.1. The van der Waals surface area contributed by atoms with Gasteiger partial charge in [-0.05, 0) is 48.6 Å². The number of hydrogen-bond donors (Lipinski definition) is 0. The third kappa shape index (κ3) is 6.12. The van der Waals surface area contributed by atoms with Gasteiger partial charge in [-0.3, -0.25) is 9.69 Å². The van der Waals surface area contributed by atoms with Crippen molar-refractivity contribution in [2.45, 2.75) is 39.7 Å². The summed E-state index contributed by atoms with van der Waals surface area (Å²) in [6.45, 7) is 7.67. The van der Waals surface area contributed by atoms with Gasteiger partial charge in [-0.2, -0.15) is 0 Å². The zero-order chi connectivity index (χ0) is 22.5. The Morgan fingerprint density at radius 3 is 2.64 bits per heavy atom. The third-order valence-corrected chi connectivity index (χ3v) is 6.45. The number of carbonyl (C=O) groups excluding carboxylic acids is 1. The minimum Gasteiger partial charge on any atom is -0.484 e. The maximum absolute atomic E-state index is 13.2. The molecule has 0 radical (unpaired) electrons. The van der Waals surface area contributed by atoms with E-state index in [1.165, 1.54) is 5.56 Å². The Labute approximate surface area is 204 Å². The summed E-state index contributed by atoms with van der Waals surface area (Å²) in [6.07, 6.45) is 6.27. The second-order valence-corrected chi connectivity index (χ2v) is 9.14. The van der Waals surface area contributed by atoms with Gasteiger partial charge < -0.3 is 9.30 Å². The normalized spacial score (nSPS) is 10.9. The Morgan fingerprint density at radius 2 is 1.97 bits per heavy atom. The van der Waals surface area contributed by atoms with E-state index in [1.54, 1.807) is 28.8 Å². The van der Waals surface area contributed by atoms with Crippen molar-refractivity contribution in [2.24, 2.45) is 0 Å². The molecule has 0 saturated heterocycles. The van der Waals surface area contributed by atoms with E-state index in [4.69, 9.17) is 9.72 Å². The van der Waals surface area contributed by atoms with Crippen LogP contribution in [0.5, 0.6) is 5.75 Å². The maximum atomic E-state index is 13.2. The molecule has 0 saturated carbocycles. The fraction of sp³-hybridized carbons (Fsp3) is 0.320. The number of aromatic nitrogens is 3. The topological polar surface area (TPSA) is 60.2 Å². The van der Waals surface area contributed by atoms with Crippen LogP contribution in [-0.4, -0.2) is 33.6 Å². The lowest BCUT2D eigenvalue weighted by Crippen LogP contribution is -2.36. The Hall–Kier alpha value is -2.90. The van der Waals surface area contributed by atoms with Crippen LogP contribution in [0.3, 0.4) is 0 Å². The van der Waals surface area contributed by atoms with Crippen molar-refractivity contribution in [3.8, 4) is 5.75 Å². The standard InChI is InChI=1S/C25H28N4O2S.ClH/c1-18(2)20-8-10-21(11-9-20)31-16-23(30)29(14-5-13-28-15-12-26-17-28)25-27-24-19(3)6-4-7-22(24)32-25;/h4,6-12,15,17-18H,5,13-14,16H2,1-3H3;1H. The van der Waals surface area contributed by atoms with Crippen LogP contribution < -0.4 is 9.64 Å². The fourth-order valence-corrected chi connectivity index (χ4v) is 4.61. The van der Waals surface area contributed by atoms with E-state index >= 15 is 0 Å². The summed E-state index contributed by atoms with van der Waals surface area (Å²) in [6, 6.07) is 14.0. The summed E-state index contributed by atoms with van der Waals surface area (Å²) >= 11 is 1.54. The van der Waals surface area contributed by atoms with Crippen LogP contribution in [0.15, 0.2) is 61.2 Å². The van der Waals surface area contributed by atoms with Crippen LogP contribution in [0.25, 0.3) is 10.2 Å². The van der Waals surface area contributed by atoms with Crippen LogP contribution >= 0.6 is 23.7 Å². The quantitative estimate of drug-likeness (QED) is 0.299. The van der Waals surface area contributed by atoms with E-state index in [0.717, 1.165) is 28.7 Å². The minimum atomic E-state index is -0.0970. The Balaban J connectivity index is 0.00000306. The molecule has 2 aromatic heterocycles. The summed E-state index contributed by atoms with van der Waals surface area (Å²) in [7, 11) is 0. The highest BCUT2D eigenvalue weighted by molar-refractivity contribution is 7.22. The van der Waals surface area contributed by atoms with E-state index in [0.29, 0.717) is 23.3 Å². The molecule has 33 heavy (non-hydrogen) atoms. The van der Waals surface area contributed by atoms with Crippen LogP contribution in [-0.2, 0) is 11.3 Å². The van der Waals surface area contributed by atoms with Crippen molar-refractivity contribution in [1.82, 2.24) is 14.5 Å². The predicted octanol–water partition coefficient (Wildman–Crippen LogP) is 5.85. The van der Waals surface area contributed by atoms with Gasteiger partial charge in [0.05, 0.1) is 16.5 Å². The predicted molar refractivity (Wildman–Crippen MR) is 137 cm³/mol. The van der Waals surface area contributed by atoms with Crippen LogP contribution in [0.4, 0.5) is 5.13 Å². The molecule has 0 atom stereocenters. The SMILES string of the molecule is Cc1cccc2sc(N(CCCn3ccnc3)C(=O)COc3ccc(C(C)C)cc3)nc12.Cl. The molecule has 2 heterocycles. The molecule has 1 amide bonds. The number of halogens is 1. The summed E-state index contributed by atoms with van der Waals surface area (Å²) in [4.78, 5) is 23.8. The number of benzene rings is 2. The highest BCUT2D eigenvalue weighted by Crippen LogP contribution is 2.31. The highest BCUT2D eigenvalue weighted by Gasteiger charge is 2.20. The van der Waals surface area contributed by atoms with Gasteiger partial charge in [0, 0.05) is 25.5 Å². The third-order valence-electron chi connectivity index (χ3n) is 5.41. The van der Waals surface area contributed by atoms with Crippen molar-refractivity contribution in [2.75, 3.05) is 18.1 Å². The number of nitrogens with zero attached hydrogens (tertiary/aromatic N) is 4. The molecule has 0 aliphatic carbocycles. The van der Waals surface area contributed by atoms with Crippen molar-refractivity contribution >= 4 is 45.0 Å². The molecule has 2 aromatic carbocycles. The highest BCUT2D eigenvalue weighted by atomic mass is 35.5. The number of para-hydroxylation sites is 1. The molecule has 0 aliphatic heterocycles. The summed E-state index contributed by atoms with van der Waals surface area (Å²) in [5.74, 6) is 1.06. The molecule has 0 N–H and O–H groups in total. The number of rotatable bonds is 9. The van der Waals surface area contributed by atoms with Crippen LogP contribution in [0, 0.1) is 6.92 Å². The molecule has 6 nitrogen and oxygen atoms in total. The lowest BCUT2D eigenvalue weighted by Gasteiger charge is -2.20. The van der Waals surface area contributed by atoms with Gasteiger partial charge in [0.2, 0.25) is 0 Å². The van der Waals surface area contributed by atoms with Gasteiger partial charge in [-0.15, -0.1) is 12.4 Å². The van der Waals surface area contributed by atoms with Crippen LogP contribution in [0.1, 0.15) is 37.3 Å². The fourth-order valence-electron chi connectivity index (χ4n) is 3.52. The van der Waals surface area contributed by atoms with Crippen LogP contribution in [0.2, 0.25) is 0 Å². The molecule has 0 fully saturated rings. The number of fused-ring (bicyclic) bond motifs is 1. The molecule has 4 aromatic rings. The maximum Gasteiger partial charge on any atom is 0.266 e. The Morgan fingerprint density at radius 1 is 1.18 bits per heavy atom. The number of thiazole rings is 1. The molecule has 0 aliphatic rings. The first-order chi connectivity index (χ1) is 15.5. The monoisotopic (exact) mass is 484 g/mol. The molecular formula is C25H29ClN4O2S. The number of carbonyl (C=O) groups is 1. The molecule has 0 unspecified atom stereocenters. The van der Waals surface area contributed by atoms with Crippen molar-refractivity contribution in [1.29, 1.82) is 0 Å². The van der Waals surface area contributed by atoms with Gasteiger partial charge in [-0.25, -0.2) is 9.97 Å². The smallest absolute Gasteiger partial charge is 0.266 e. The number of hydrogen-bond acceptors (Lipinski definition) is 5. The minimum absolute atomic E-state index is 0. The van der Waals surface area contributed by atoms with Crippen molar-refractivity contribution < 1.29 is 9.53 Å². The first-order valence-corrected chi connectivity index (χ1v) is 11.7. The molecule has 0 spiro atoms. The zero-order valence-corrected chi connectivity index (χ0v) is 20.7. The lowest BCUT2D eigenvalue weighted by atomic mass is 10.0. The number of amides is 1. The number of ether oxygens (including phenoxy) is 1. The van der Waals surface area contributed by atoms with E-state index < -0.39 is 0 Å².